The Bertz CT molecular complexity index is 788. The summed E-state index contributed by atoms with van der Waals surface area (Å²) in [7, 11) is 0. The zero-order valence-corrected chi connectivity index (χ0v) is 14.0. The molecule has 0 spiro atoms. The van der Waals surface area contributed by atoms with Crippen LogP contribution in [-0.2, 0) is 4.74 Å². The van der Waals surface area contributed by atoms with Gasteiger partial charge in [-0.05, 0) is 31.2 Å². The van der Waals surface area contributed by atoms with Gasteiger partial charge in [0.2, 0.25) is 5.69 Å². The quantitative estimate of drug-likeness (QED) is 0.147. The van der Waals surface area contributed by atoms with Gasteiger partial charge in [0.1, 0.15) is 5.75 Å². The first kappa shape index (κ1) is 18.1. The van der Waals surface area contributed by atoms with Gasteiger partial charge in [-0.1, -0.05) is 12.1 Å². The summed E-state index contributed by atoms with van der Waals surface area (Å²) in [6.07, 6.45) is 7.12. The van der Waals surface area contributed by atoms with Crippen molar-refractivity contribution in [3.63, 3.8) is 0 Å². The predicted molar refractivity (Wildman–Crippen MR) is 96.2 cm³/mol. The van der Waals surface area contributed by atoms with E-state index in [0.29, 0.717) is 42.2 Å². The summed E-state index contributed by atoms with van der Waals surface area (Å²) >= 11 is 0. The highest BCUT2D eigenvalue weighted by molar-refractivity contribution is 5.89. The number of esters is 1. The average molecular weight is 337 g/mol. The first-order chi connectivity index (χ1) is 12.2. The maximum atomic E-state index is 12.4. The van der Waals surface area contributed by atoms with E-state index in [1.807, 2.05) is 12.1 Å². The van der Waals surface area contributed by atoms with Gasteiger partial charge in [0.05, 0.1) is 24.3 Å². The van der Waals surface area contributed by atoms with Crippen molar-refractivity contribution in [2.24, 2.45) is 0 Å². The maximum absolute atomic E-state index is 12.4. The van der Waals surface area contributed by atoms with Crippen LogP contribution in [0.15, 0.2) is 48.5 Å². The van der Waals surface area contributed by atoms with Gasteiger partial charge in [-0.2, -0.15) is 4.74 Å². The summed E-state index contributed by atoms with van der Waals surface area (Å²) in [6, 6.07) is 13.4. The van der Waals surface area contributed by atoms with Gasteiger partial charge < -0.3 is 14.7 Å². The minimum atomic E-state index is -0.414. The monoisotopic (exact) mass is 337 g/mol. The van der Waals surface area contributed by atoms with Gasteiger partial charge >= 0.3 is 5.97 Å². The smallest absolute Gasteiger partial charge is 0.338 e. The normalized spacial score (nSPS) is 10.8. The summed E-state index contributed by atoms with van der Waals surface area (Å²) < 4.78 is 11.2. The van der Waals surface area contributed by atoms with Gasteiger partial charge in [-0.3, -0.25) is 0 Å². The Morgan fingerprint density at radius 3 is 2.64 bits per heavy atom. The number of benzene rings is 2. The Morgan fingerprint density at radius 1 is 1.24 bits per heavy atom. The van der Waals surface area contributed by atoms with Crippen LogP contribution in [0.3, 0.4) is 0 Å². The van der Waals surface area contributed by atoms with E-state index >= 15 is 0 Å². The van der Waals surface area contributed by atoms with Crippen molar-refractivity contribution in [2.45, 2.75) is 13.3 Å². The van der Waals surface area contributed by atoms with Crippen LogP contribution in [0.2, 0.25) is 0 Å². The molecule has 0 saturated heterocycles. The van der Waals surface area contributed by atoms with Crippen molar-refractivity contribution in [3.8, 4) is 18.1 Å². The van der Waals surface area contributed by atoms with Crippen LogP contribution in [0, 0.1) is 17.6 Å². The van der Waals surface area contributed by atoms with Crippen molar-refractivity contribution in [2.75, 3.05) is 13.2 Å². The second kappa shape index (κ2) is 9.14. The standard InChI is InChI=1S/C20H19NO4/c1-3-5-14-25-19-9-7-6-8-17(19)15-21(23)18-12-10-16(11-13-18)20(22)24-4-2/h1,6-13,15H,4-5,14H2,2H3/b21-15+. The van der Waals surface area contributed by atoms with Crippen LogP contribution in [0.4, 0.5) is 5.69 Å². The van der Waals surface area contributed by atoms with Crippen molar-refractivity contribution in [1.29, 1.82) is 0 Å². The van der Waals surface area contributed by atoms with Crippen LogP contribution in [0.5, 0.6) is 5.75 Å². The molecule has 0 N–H and O–H groups in total. The topological polar surface area (TPSA) is 61.6 Å². The van der Waals surface area contributed by atoms with E-state index in [9.17, 15) is 10.0 Å². The fraction of sp³-hybridized carbons (Fsp3) is 0.200. The summed E-state index contributed by atoms with van der Waals surface area (Å²) in [4.78, 5) is 11.6. The summed E-state index contributed by atoms with van der Waals surface area (Å²) in [5, 5.41) is 12.4. The molecule has 0 atom stereocenters. The molecule has 5 nitrogen and oxygen atoms in total. The number of carbonyl (C=O) groups is 1. The van der Waals surface area contributed by atoms with Gasteiger partial charge in [0.25, 0.3) is 0 Å². The Balaban J connectivity index is 2.18. The summed E-state index contributed by atoms with van der Waals surface area (Å²) in [6.45, 7) is 2.43. The van der Waals surface area contributed by atoms with Crippen molar-refractivity contribution >= 4 is 17.9 Å². The first-order valence-corrected chi connectivity index (χ1v) is 7.89. The number of carbonyl (C=O) groups excluding carboxylic acids is 1. The molecule has 0 saturated carbocycles. The summed E-state index contributed by atoms with van der Waals surface area (Å²) in [5.74, 6) is 2.67. The molecule has 0 bridgehead atoms. The fourth-order valence-corrected chi connectivity index (χ4v) is 2.10. The molecule has 0 amide bonds. The lowest BCUT2D eigenvalue weighted by Gasteiger charge is -2.08. The van der Waals surface area contributed by atoms with E-state index in [-0.39, 0.29) is 0 Å². The van der Waals surface area contributed by atoms with E-state index in [2.05, 4.69) is 5.92 Å². The van der Waals surface area contributed by atoms with Crippen LogP contribution >= 0.6 is 0 Å². The molecule has 0 aliphatic rings. The molecule has 25 heavy (non-hydrogen) atoms. The third kappa shape index (κ3) is 5.11. The van der Waals surface area contributed by atoms with E-state index in [4.69, 9.17) is 15.9 Å². The van der Waals surface area contributed by atoms with Crippen molar-refractivity contribution in [3.05, 3.63) is 64.9 Å². The second-order valence-electron chi connectivity index (χ2n) is 5.06. The number of ether oxygens (including phenoxy) is 2. The number of nitrogens with zero attached hydrogens (tertiary/aromatic N) is 1. The molecule has 2 aromatic carbocycles. The third-order valence-corrected chi connectivity index (χ3v) is 3.31. The number of hydrogen-bond donors (Lipinski definition) is 0. The van der Waals surface area contributed by atoms with E-state index < -0.39 is 5.97 Å². The Kier molecular flexibility index (Phi) is 6.61. The molecule has 0 aromatic heterocycles. The van der Waals surface area contributed by atoms with E-state index in [1.54, 1.807) is 43.3 Å². The Morgan fingerprint density at radius 2 is 1.96 bits per heavy atom. The van der Waals surface area contributed by atoms with Gasteiger partial charge in [0.15, 0.2) is 6.21 Å². The molecule has 0 fully saturated rings. The minimum Gasteiger partial charge on any atom is -0.618 e. The van der Waals surface area contributed by atoms with Crippen LogP contribution in [0.25, 0.3) is 0 Å². The lowest BCUT2D eigenvalue weighted by Crippen LogP contribution is -2.05. The van der Waals surface area contributed by atoms with Crippen LogP contribution in [-0.4, -0.2) is 30.1 Å². The second-order valence-corrected chi connectivity index (χ2v) is 5.06. The Hall–Kier alpha value is -3.26. The third-order valence-electron chi connectivity index (χ3n) is 3.31. The number of para-hydroxylation sites is 1. The molecule has 2 aromatic rings. The lowest BCUT2D eigenvalue weighted by atomic mass is 10.2. The molecule has 0 radical (unpaired) electrons. The molecule has 0 unspecified atom stereocenters. The zero-order chi connectivity index (χ0) is 18.1. The summed E-state index contributed by atoms with van der Waals surface area (Å²) in [5.41, 5.74) is 1.44. The molecule has 0 heterocycles. The van der Waals surface area contributed by atoms with Gasteiger partial charge in [-0.15, -0.1) is 12.3 Å². The molecule has 5 heteroatoms. The number of terminal acetylenes is 1. The lowest BCUT2D eigenvalue weighted by molar-refractivity contribution is -0.354. The fourth-order valence-electron chi connectivity index (χ4n) is 2.10. The largest absolute Gasteiger partial charge is 0.618 e. The van der Waals surface area contributed by atoms with Crippen molar-refractivity contribution < 1.29 is 19.0 Å². The molecular weight excluding hydrogens is 318 g/mol. The molecular formula is C20H19NO4. The number of hydrogen-bond acceptors (Lipinski definition) is 4. The highest BCUT2D eigenvalue weighted by atomic mass is 16.5. The van der Waals surface area contributed by atoms with Crippen LogP contribution < -0.4 is 4.74 Å². The molecule has 2 rings (SSSR count). The van der Waals surface area contributed by atoms with Gasteiger partial charge in [-0.25, -0.2) is 4.79 Å². The molecule has 0 aliphatic heterocycles. The highest BCUT2D eigenvalue weighted by Gasteiger charge is 2.10. The maximum Gasteiger partial charge on any atom is 0.338 e. The highest BCUT2D eigenvalue weighted by Crippen LogP contribution is 2.18. The first-order valence-electron chi connectivity index (χ1n) is 7.89. The molecule has 128 valence electrons. The Labute approximate surface area is 147 Å². The minimum absolute atomic E-state index is 0.304. The SMILES string of the molecule is C#CCCOc1ccccc1/C=[N+](/[O-])c1ccc(C(=O)OCC)cc1. The zero-order valence-electron chi connectivity index (χ0n) is 14.0. The van der Waals surface area contributed by atoms with Crippen molar-refractivity contribution in [1.82, 2.24) is 0 Å². The van der Waals surface area contributed by atoms with E-state index in [1.165, 1.54) is 6.21 Å². The average Bonchev–Trinajstić information content (AvgIpc) is 2.63. The van der Waals surface area contributed by atoms with E-state index in [0.717, 1.165) is 4.74 Å². The molecule has 0 aliphatic carbocycles. The predicted octanol–water partition coefficient (Wildman–Crippen LogP) is 3.53. The number of rotatable bonds is 7. The van der Waals surface area contributed by atoms with Crippen LogP contribution in [0.1, 0.15) is 29.3 Å². The van der Waals surface area contributed by atoms with Gasteiger partial charge in [0, 0.05) is 18.6 Å².